The van der Waals surface area contributed by atoms with Crippen LogP contribution in [0.5, 0.6) is 0 Å². The minimum absolute atomic E-state index is 0.0161. The highest BCUT2D eigenvalue weighted by atomic mass is 32.2. The van der Waals surface area contributed by atoms with Gasteiger partial charge in [-0.05, 0) is 25.5 Å². The fourth-order valence-electron chi connectivity index (χ4n) is 3.32. The first-order valence-electron chi connectivity index (χ1n) is 8.92. The van der Waals surface area contributed by atoms with Gasteiger partial charge in [0.05, 0.1) is 23.1 Å². The lowest BCUT2D eigenvalue weighted by Crippen LogP contribution is -2.43. The first-order valence-corrected chi connectivity index (χ1v) is 10.7. The summed E-state index contributed by atoms with van der Waals surface area (Å²) in [5, 5.41) is 2.56. The summed E-state index contributed by atoms with van der Waals surface area (Å²) in [6.07, 6.45) is -0.945. The molecule has 1 aromatic carbocycles. The molecule has 2 aliphatic heterocycles. The van der Waals surface area contributed by atoms with Crippen molar-refractivity contribution in [3.63, 3.8) is 0 Å². The predicted octanol–water partition coefficient (Wildman–Crippen LogP) is 0.414. The van der Waals surface area contributed by atoms with Crippen molar-refractivity contribution in [2.45, 2.75) is 31.9 Å². The molecule has 0 unspecified atom stereocenters. The number of rotatable bonds is 5. The Morgan fingerprint density at radius 3 is 2.68 bits per heavy atom. The lowest BCUT2D eigenvalue weighted by molar-refractivity contribution is -0.158. The fourth-order valence-corrected chi connectivity index (χ4v) is 4.99. The number of benzene rings is 1. The largest absolute Gasteiger partial charge is 0.452 e. The van der Waals surface area contributed by atoms with Gasteiger partial charge in [0, 0.05) is 19.0 Å². The Kier molecular flexibility index (Phi) is 5.69. The van der Waals surface area contributed by atoms with Gasteiger partial charge in [0.1, 0.15) is 5.82 Å². The number of carbonyl (C=O) groups excluding carboxylic acids is 3. The molecule has 0 saturated carbocycles. The highest BCUT2D eigenvalue weighted by Crippen LogP contribution is 2.28. The summed E-state index contributed by atoms with van der Waals surface area (Å²) in [7, 11) is -3.14. The molecule has 0 aliphatic carbocycles. The molecule has 2 amide bonds. The third kappa shape index (κ3) is 4.49. The summed E-state index contributed by atoms with van der Waals surface area (Å²) in [6, 6.07) is 5.27. The van der Waals surface area contributed by atoms with E-state index in [4.69, 9.17) is 4.74 Å². The molecule has 0 bridgehead atoms. The second kappa shape index (κ2) is 7.86. The lowest BCUT2D eigenvalue weighted by Gasteiger charge is -2.19. The number of esters is 1. The molecule has 2 saturated heterocycles. The Hall–Kier alpha value is -2.49. The average Bonchev–Trinajstić information content (AvgIpc) is 3.17. The van der Waals surface area contributed by atoms with E-state index in [1.807, 2.05) is 0 Å². The van der Waals surface area contributed by atoms with Crippen LogP contribution in [-0.2, 0) is 29.0 Å². The molecule has 1 aromatic rings. The number of hydrogen-bond acceptors (Lipinski definition) is 6. The SMILES string of the molecule is C[C@@H](OC(=O)[C@@H]1CC(=O)N(c2ccccc2F)C1)C(=O)N[C@@H]1CCS(=O)(=O)C1. The van der Waals surface area contributed by atoms with Crippen molar-refractivity contribution in [3.8, 4) is 0 Å². The number of para-hydroxylation sites is 1. The van der Waals surface area contributed by atoms with Crippen molar-refractivity contribution in [1.82, 2.24) is 5.32 Å². The number of hydrogen-bond donors (Lipinski definition) is 1. The first kappa shape index (κ1) is 20.2. The van der Waals surface area contributed by atoms with E-state index in [0.29, 0.717) is 6.42 Å². The highest BCUT2D eigenvalue weighted by Gasteiger charge is 2.38. The zero-order valence-corrected chi connectivity index (χ0v) is 16.1. The molecular weight excluding hydrogens is 391 g/mol. The van der Waals surface area contributed by atoms with Gasteiger partial charge in [0.25, 0.3) is 5.91 Å². The van der Waals surface area contributed by atoms with Gasteiger partial charge in [-0.25, -0.2) is 12.8 Å². The summed E-state index contributed by atoms with van der Waals surface area (Å²) >= 11 is 0. The molecule has 2 fully saturated rings. The van der Waals surface area contributed by atoms with E-state index in [1.54, 1.807) is 6.07 Å². The first-order chi connectivity index (χ1) is 13.2. The Balaban J connectivity index is 1.55. The summed E-state index contributed by atoms with van der Waals surface area (Å²) in [6.45, 7) is 1.34. The van der Waals surface area contributed by atoms with E-state index >= 15 is 0 Å². The third-order valence-electron chi connectivity index (χ3n) is 4.84. The van der Waals surface area contributed by atoms with Crippen LogP contribution >= 0.6 is 0 Å². The second-order valence-electron chi connectivity index (χ2n) is 7.04. The van der Waals surface area contributed by atoms with Crippen molar-refractivity contribution >= 4 is 33.3 Å². The van der Waals surface area contributed by atoms with Crippen LogP contribution in [0.2, 0.25) is 0 Å². The van der Waals surface area contributed by atoms with Gasteiger partial charge in [0.2, 0.25) is 5.91 Å². The Labute approximate surface area is 161 Å². The van der Waals surface area contributed by atoms with Crippen molar-refractivity contribution < 1.29 is 31.9 Å². The Morgan fingerprint density at radius 1 is 1.32 bits per heavy atom. The van der Waals surface area contributed by atoms with E-state index in [1.165, 1.54) is 30.0 Å². The molecule has 2 aliphatic rings. The molecule has 1 N–H and O–H groups in total. The minimum atomic E-state index is -3.14. The Morgan fingerprint density at radius 2 is 2.04 bits per heavy atom. The maximum absolute atomic E-state index is 13.9. The predicted molar refractivity (Wildman–Crippen MR) is 97.6 cm³/mol. The van der Waals surface area contributed by atoms with E-state index < -0.39 is 51.5 Å². The minimum Gasteiger partial charge on any atom is -0.452 e. The van der Waals surface area contributed by atoms with Crippen molar-refractivity contribution in [3.05, 3.63) is 30.1 Å². The Bertz CT molecular complexity index is 903. The molecule has 3 rings (SSSR count). The smallest absolute Gasteiger partial charge is 0.312 e. The zero-order chi connectivity index (χ0) is 20.5. The highest BCUT2D eigenvalue weighted by molar-refractivity contribution is 7.91. The number of halogens is 1. The van der Waals surface area contributed by atoms with Crippen LogP contribution in [0.4, 0.5) is 10.1 Å². The monoisotopic (exact) mass is 412 g/mol. The van der Waals surface area contributed by atoms with Gasteiger partial charge >= 0.3 is 5.97 Å². The van der Waals surface area contributed by atoms with Crippen LogP contribution in [-0.4, -0.2) is 56.4 Å². The van der Waals surface area contributed by atoms with Crippen LogP contribution < -0.4 is 10.2 Å². The summed E-state index contributed by atoms with van der Waals surface area (Å²) in [5.41, 5.74) is 0.0936. The summed E-state index contributed by atoms with van der Waals surface area (Å²) in [4.78, 5) is 37.8. The quantitative estimate of drug-likeness (QED) is 0.702. The van der Waals surface area contributed by atoms with Gasteiger partial charge in [0.15, 0.2) is 15.9 Å². The van der Waals surface area contributed by atoms with Gasteiger partial charge in [-0.1, -0.05) is 12.1 Å². The fraction of sp³-hybridized carbons (Fsp3) is 0.500. The number of amides is 2. The van der Waals surface area contributed by atoms with Gasteiger partial charge in [-0.2, -0.15) is 0 Å². The van der Waals surface area contributed by atoms with Crippen LogP contribution in [0.25, 0.3) is 0 Å². The van der Waals surface area contributed by atoms with Crippen LogP contribution in [0, 0.1) is 11.7 Å². The van der Waals surface area contributed by atoms with Gasteiger partial charge in [-0.15, -0.1) is 0 Å². The lowest BCUT2D eigenvalue weighted by atomic mass is 10.1. The molecule has 2 heterocycles. The number of nitrogens with zero attached hydrogens (tertiary/aromatic N) is 1. The number of carbonyl (C=O) groups is 3. The number of ether oxygens (including phenoxy) is 1. The van der Waals surface area contributed by atoms with Gasteiger partial charge in [-0.3, -0.25) is 14.4 Å². The van der Waals surface area contributed by atoms with Crippen LogP contribution in [0.1, 0.15) is 19.8 Å². The number of anilines is 1. The zero-order valence-electron chi connectivity index (χ0n) is 15.3. The standard InChI is InChI=1S/C18H21FN2O6S/c1-11(17(23)20-13-6-7-28(25,26)10-13)27-18(24)12-8-16(22)21(9-12)15-5-3-2-4-14(15)19/h2-5,11-13H,6-10H2,1H3,(H,20,23)/t11-,12-,13-/m1/s1. The van der Waals surface area contributed by atoms with Crippen LogP contribution in [0.15, 0.2) is 24.3 Å². The molecule has 152 valence electrons. The number of nitrogens with one attached hydrogen (secondary N) is 1. The summed E-state index contributed by atoms with van der Waals surface area (Å²) < 4.78 is 41.9. The maximum Gasteiger partial charge on any atom is 0.312 e. The molecule has 3 atom stereocenters. The molecule has 28 heavy (non-hydrogen) atoms. The van der Waals surface area contributed by atoms with E-state index in [9.17, 15) is 27.2 Å². The normalized spacial score (nSPS) is 24.8. The van der Waals surface area contributed by atoms with Crippen molar-refractivity contribution in [2.75, 3.05) is 23.0 Å². The molecule has 0 aromatic heterocycles. The van der Waals surface area contributed by atoms with E-state index in [2.05, 4.69) is 5.32 Å². The molecule has 8 nitrogen and oxygen atoms in total. The molecule has 0 radical (unpaired) electrons. The molecule has 10 heteroatoms. The molecule has 0 spiro atoms. The van der Waals surface area contributed by atoms with E-state index in [-0.39, 0.29) is 30.2 Å². The second-order valence-corrected chi connectivity index (χ2v) is 9.27. The third-order valence-corrected chi connectivity index (χ3v) is 6.61. The van der Waals surface area contributed by atoms with E-state index in [0.717, 1.165) is 0 Å². The maximum atomic E-state index is 13.9. The topological polar surface area (TPSA) is 110 Å². The number of sulfone groups is 1. The summed E-state index contributed by atoms with van der Waals surface area (Å²) in [5.74, 6) is -3.21. The molecular formula is C18H21FN2O6S. The van der Waals surface area contributed by atoms with Crippen LogP contribution in [0.3, 0.4) is 0 Å². The van der Waals surface area contributed by atoms with Crippen molar-refractivity contribution in [2.24, 2.45) is 5.92 Å². The average molecular weight is 412 g/mol. The van der Waals surface area contributed by atoms with Crippen molar-refractivity contribution in [1.29, 1.82) is 0 Å². The van der Waals surface area contributed by atoms with Gasteiger partial charge < -0.3 is 15.0 Å².